The van der Waals surface area contributed by atoms with Crippen LogP contribution in [-0.2, 0) is 4.74 Å². The van der Waals surface area contributed by atoms with Crippen LogP contribution in [0.15, 0.2) is 24.3 Å². The number of halogens is 1. The fourth-order valence-corrected chi connectivity index (χ4v) is 1.49. The summed E-state index contributed by atoms with van der Waals surface area (Å²) in [4.78, 5) is 0. The van der Waals surface area contributed by atoms with E-state index in [1.165, 1.54) is 0 Å². The number of ether oxygens (including phenoxy) is 3. The number of hydrogen-bond acceptors (Lipinski definition) is 4. The number of nitrogens with one attached hydrogen (secondary N) is 1. The highest BCUT2D eigenvalue weighted by atomic mass is 35.5. The third kappa shape index (κ3) is 7.93. The van der Waals surface area contributed by atoms with Crippen LogP contribution in [0, 0.1) is 0 Å². The molecule has 5 heteroatoms. The second-order valence-corrected chi connectivity index (χ2v) is 3.68. The van der Waals surface area contributed by atoms with Gasteiger partial charge >= 0.3 is 0 Å². The third-order valence-electron chi connectivity index (χ3n) is 2.31. The van der Waals surface area contributed by atoms with E-state index in [0.717, 1.165) is 37.8 Å². The average Bonchev–Trinajstić information content (AvgIpc) is 2.40. The number of rotatable bonds is 10. The summed E-state index contributed by atoms with van der Waals surface area (Å²) in [6.07, 6.45) is 0. The van der Waals surface area contributed by atoms with Crippen molar-refractivity contribution in [3.05, 3.63) is 24.3 Å². The van der Waals surface area contributed by atoms with Crippen LogP contribution >= 0.6 is 12.4 Å². The maximum Gasteiger partial charge on any atom is 0.161 e. The van der Waals surface area contributed by atoms with Gasteiger partial charge in [0.25, 0.3) is 0 Å². The predicted octanol–water partition coefficient (Wildman–Crippen LogP) is 2.51. The Balaban J connectivity index is 0.00000324. The summed E-state index contributed by atoms with van der Waals surface area (Å²) in [5.41, 5.74) is 0. The Morgan fingerprint density at radius 1 is 0.895 bits per heavy atom. The van der Waals surface area contributed by atoms with Gasteiger partial charge in [-0.25, -0.2) is 0 Å². The van der Waals surface area contributed by atoms with Gasteiger partial charge in [0.1, 0.15) is 6.61 Å². The first-order valence-corrected chi connectivity index (χ1v) is 6.51. The van der Waals surface area contributed by atoms with E-state index in [0.29, 0.717) is 13.2 Å². The van der Waals surface area contributed by atoms with E-state index < -0.39 is 0 Å². The van der Waals surface area contributed by atoms with Crippen molar-refractivity contribution in [2.24, 2.45) is 0 Å². The summed E-state index contributed by atoms with van der Waals surface area (Å²) in [5.74, 6) is 1.60. The highest BCUT2D eigenvalue weighted by Crippen LogP contribution is 2.25. The molecule has 0 heterocycles. The zero-order valence-corrected chi connectivity index (χ0v) is 12.5. The topological polar surface area (TPSA) is 39.7 Å². The fourth-order valence-electron chi connectivity index (χ4n) is 1.49. The molecular weight excluding hydrogens is 266 g/mol. The molecule has 1 rings (SSSR count). The molecule has 1 N–H and O–H groups in total. The standard InChI is InChI=1S/C14H23NO3.ClH/c1-3-16-11-9-15-10-12-18-14-8-6-5-7-13(14)17-4-2;/h5-8,15H,3-4,9-12H2,1-2H3;1H. The summed E-state index contributed by atoms with van der Waals surface area (Å²) < 4.78 is 16.4. The number of benzene rings is 1. The normalized spacial score (nSPS) is 9.79. The summed E-state index contributed by atoms with van der Waals surface area (Å²) in [5, 5.41) is 3.25. The van der Waals surface area contributed by atoms with E-state index in [1.807, 2.05) is 38.1 Å². The van der Waals surface area contributed by atoms with Crippen molar-refractivity contribution < 1.29 is 14.2 Å². The Labute approximate surface area is 121 Å². The van der Waals surface area contributed by atoms with Crippen LogP contribution < -0.4 is 14.8 Å². The third-order valence-corrected chi connectivity index (χ3v) is 2.31. The van der Waals surface area contributed by atoms with E-state index in [1.54, 1.807) is 0 Å². The largest absolute Gasteiger partial charge is 0.490 e. The van der Waals surface area contributed by atoms with Crippen molar-refractivity contribution in [3.8, 4) is 11.5 Å². The van der Waals surface area contributed by atoms with Crippen molar-refractivity contribution in [2.45, 2.75) is 13.8 Å². The van der Waals surface area contributed by atoms with E-state index >= 15 is 0 Å². The van der Waals surface area contributed by atoms with E-state index in [9.17, 15) is 0 Å². The number of hydrogen-bond donors (Lipinski definition) is 1. The zero-order valence-electron chi connectivity index (χ0n) is 11.7. The molecule has 0 aromatic heterocycles. The van der Waals surface area contributed by atoms with Crippen LogP contribution in [0.5, 0.6) is 11.5 Å². The first-order chi connectivity index (χ1) is 8.88. The maximum atomic E-state index is 5.67. The Bertz CT molecular complexity index is 323. The molecule has 0 amide bonds. The van der Waals surface area contributed by atoms with E-state index in [4.69, 9.17) is 14.2 Å². The minimum Gasteiger partial charge on any atom is -0.490 e. The molecule has 110 valence electrons. The molecular formula is C14H24ClNO3. The average molecular weight is 290 g/mol. The number of para-hydroxylation sites is 2. The molecule has 0 spiro atoms. The highest BCUT2D eigenvalue weighted by Gasteiger charge is 2.02. The molecule has 4 nitrogen and oxygen atoms in total. The molecule has 19 heavy (non-hydrogen) atoms. The molecule has 0 saturated heterocycles. The summed E-state index contributed by atoms with van der Waals surface area (Å²) >= 11 is 0. The van der Waals surface area contributed by atoms with Crippen LogP contribution in [-0.4, -0.2) is 39.5 Å². The summed E-state index contributed by atoms with van der Waals surface area (Å²) in [6, 6.07) is 7.73. The van der Waals surface area contributed by atoms with E-state index in [-0.39, 0.29) is 12.4 Å². The van der Waals surface area contributed by atoms with Gasteiger partial charge in [-0.05, 0) is 26.0 Å². The van der Waals surface area contributed by atoms with Crippen LogP contribution in [0.1, 0.15) is 13.8 Å². The molecule has 0 aliphatic carbocycles. The van der Waals surface area contributed by atoms with Gasteiger partial charge in [-0.15, -0.1) is 12.4 Å². The van der Waals surface area contributed by atoms with Crippen molar-refractivity contribution >= 4 is 12.4 Å². The highest BCUT2D eigenvalue weighted by molar-refractivity contribution is 5.85. The van der Waals surface area contributed by atoms with Gasteiger partial charge in [0, 0.05) is 19.7 Å². The van der Waals surface area contributed by atoms with Gasteiger partial charge in [-0.3, -0.25) is 0 Å². The van der Waals surface area contributed by atoms with Gasteiger partial charge < -0.3 is 19.5 Å². The lowest BCUT2D eigenvalue weighted by molar-refractivity contribution is 0.148. The maximum absolute atomic E-state index is 5.67. The molecule has 0 aliphatic heterocycles. The molecule has 0 atom stereocenters. The van der Waals surface area contributed by atoms with Gasteiger partial charge in [-0.2, -0.15) is 0 Å². The van der Waals surface area contributed by atoms with Crippen LogP contribution in [0.2, 0.25) is 0 Å². The second-order valence-electron chi connectivity index (χ2n) is 3.68. The lowest BCUT2D eigenvalue weighted by Gasteiger charge is -2.11. The molecule has 0 bridgehead atoms. The SMILES string of the molecule is CCOCCNCCOc1ccccc1OCC.Cl. The Hall–Kier alpha value is -0.970. The summed E-state index contributed by atoms with van der Waals surface area (Å²) in [6.45, 7) is 8.38. The lowest BCUT2D eigenvalue weighted by Crippen LogP contribution is -2.25. The van der Waals surface area contributed by atoms with Gasteiger partial charge in [-0.1, -0.05) is 12.1 Å². The molecule has 0 saturated carbocycles. The monoisotopic (exact) mass is 289 g/mol. The van der Waals surface area contributed by atoms with Crippen molar-refractivity contribution in [1.82, 2.24) is 5.32 Å². The molecule has 1 aromatic rings. The molecule has 0 radical (unpaired) electrons. The molecule has 0 fully saturated rings. The van der Waals surface area contributed by atoms with Crippen molar-refractivity contribution in [2.75, 3.05) is 39.5 Å². The first kappa shape index (κ1) is 18.0. The van der Waals surface area contributed by atoms with Gasteiger partial charge in [0.2, 0.25) is 0 Å². The Kier molecular flexibility index (Phi) is 11.5. The van der Waals surface area contributed by atoms with Crippen molar-refractivity contribution in [1.29, 1.82) is 0 Å². The minimum atomic E-state index is 0. The van der Waals surface area contributed by atoms with Crippen LogP contribution in [0.4, 0.5) is 0 Å². The molecule has 1 aromatic carbocycles. The van der Waals surface area contributed by atoms with Crippen LogP contribution in [0.3, 0.4) is 0 Å². The summed E-state index contributed by atoms with van der Waals surface area (Å²) in [7, 11) is 0. The van der Waals surface area contributed by atoms with Gasteiger partial charge in [0.05, 0.1) is 13.2 Å². The molecule has 0 unspecified atom stereocenters. The first-order valence-electron chi connectivity index (χ1n) is 6.51. The predicted molar refractivity (Wildman–Crippen MR) is 79.7 cm³/mol. The van der Waals surface area contributed by atoms with E-state index in [2.05, 4.69) is 5.32 Å². The van der Waals surface area contributed by atoms with Crippen LogP contribution in [0.25, 0.3) is 0 Å². The fraction of sp³-hybridized carbons (Fsp3) is 0.571. The molecule has 0 aliphatic rings. The lowest BCUT2D eigenvalue weighted by atomic mass is 10.3. The van der Waals surface area contributed by atoms with Gasteiger partial charge in [0.15, 0.2) is 11.5 Å². The smallest absolute Gasteiger partial charge is 0.161 e. The second kappa shape index (κ2) is 12.1. The Morgan fingerprint density at radius 2 is 1.53 bits per heavy atom. The zero-order chi connectivity index (χ0) is 13.1. The minimum absolute atomic E-state index is 0. The quantitative estimate of drug-likeness (QED) is 0.672. The van der Waals surface area contributed by atoms with Crippen molar-refractivity contribution in [3.63, 3.8) is 0 Å². The Morgan fingerprint density at radius 3 is 2.16 bits per heavy atom.